The first-order valence-corrected chi connectivity index (χ1v) is 7.38. The molecule has 2 heterocycles. The van der Waals surface area contributed by atoms with E-state index in [0.717, 1.165) is 0 Å². The highest BCUT2D eigenvalue weighted by atomic mass is 19.2. The van der Waals surface area contributed by atoms with Crippen molar-refractivity contribution in [3.05, 3.63) is 12.0 Å². The lowest BCUT2D eigenvalue weighted by atomic mass is 10.0. The molecule has 1 aromatic heterocycles. The van der Waals surface area contributed by atoms with Crippen LogP contribution in [0.2, 0.25) is 0 Å². The highest BCUT2D eigenvalue weighted by molar-refractivity contribution is 5.95. The van der Waals surface area contributed by atoms with E-state index in [1.807, 2.05) is 0 Å². The molecule has 1 aromatic rings. The Hall–Kier alpha value is -2.00. The zero-order valence-corrected chi connectivity index (χ0v) is 13.4. The highest BCUT2D eigenvalue weighted by Crippen LogP contribution is 2.43. The summed E-state index contributed by atoms with van der Waals surface area (Å²) in [5.41, 5.74) is 5.85. The number of nitrogens with zero attached hydrogens (tertiary/aromatic N) is 3. The van der Waals surface area contributed by atoms with Gasteiger partial charge in [-0.2, -0.15) is 0 Å². The molecule has 0 bridgehead atoms. The van der Waals surface area contributed by atoms with Gasteiger partial charge >= 0.3 is 0 Å². The van der Waals surface area contributed by atoms with E-state index >= 15 is 0 Å². The number of hydrogen-bond donors (Lipinski definition) is 3. The summed E-state index contributed by atoms with van der Waals surface area (Å²) >= 11 is 0. The fraction of sp³-hybridized carbons (Fsp3) is 0.643. The maximum absolute atomic E-state index is 14.3. The molecule has 1 aliphatic heterocycles. The molecule has 0 spiro atoms. The second-order valence-electron chi connectivity index (χ2n) is 5.57. The third kappa shape index (κ3) is 3.50. The van der Waals surface area contributed by atoms with Gasteiger partial charge in [0.05, 0.1) is 18.8 Å². The van der Waals surface area contributed by atoms with E-state index < -0.39 is 18.7 Å². The fourth-order valence-corrected chi connectivity index (χ4v) is 2.59. The maximum Gasteiger partial charge on any atom is 0.236 e. The minimum Gasteiger partial charge on any atom is -0.477 e. The molecule has 3 atom stereocenters. The molecular weight excluding hydrogens is 305 g/mol. The number of hydrogen-bond acceptors (Lipinski definition) is 6. The van der Waals surface area contributed by atoms with Gasteiger partial charge in [0, 0.05) is 12.3 Å². The molecule has 8 nitrogen and oxygen atoms in total. The maximum atomic E-state index is 14.3. The van der Waals surface area contributed by atoms with Crippen LogP contribution in [0.5, 0.6) is 0 Å². The average molecular weight is 327 g/mol. The van der Waals surface area contributed by atoms with E-state index in [1.165, 1.54) is 10.9 Å². The molecule has 0 amide bonds. The minimum atomic E-state index is -2.10. The fourth-order valence-electron chi connectivity index (χ4n) is 2.59. The van der Waals surface area contributed by atoms with Gasteiger partial charge in [-0.15, -0.1) is 0 Å². The Bertz CT molecular complexity index is 614. The number of aliphatic hydroxyl groups is 1. The third-order valence-corrected chi connectivity index (χ3v) is 3.51. The number of aromatic nitrogens is 2. The van der Waals surface area contributed by atoms with Crippen molar-refractivity contribution in [2.75, 3.05) is 13.2 Å². The van der Waals surface area contributed by atoms with Crippen LogP contribution >= 0.6 is 0 Å². The predicted molar refractivity (Wildman–Crippen MR) is 82.5 cm³/mol. The second-order valence-corrected chi connectivity index (χ2v) is 5.57. The van der Waals surface area contributed by atoms with Gasteiger partial charge in [0.2, 0.25) is 11.8 Å². The Morgan fingerprint density at radius 3 is 2.96 bits per heavy atom. The largest absolute Gasteiger partial charge is 0.477 e. The number of aliphatic hydroxyl groups excluding tert-OH is 1. The summed E-state index contributed by atoms with van der Waals surface area (Å²) in [5.74, 6) is -1.94. The number of ether oxygens (including phenoxy) is 2. The molecule has 9 heteroatoms. The Kier molecular flexibility index (Phi) is 5.00. The standard InChI is InChI=1S/C14H22FN5O3/c1-4-22-11(17)10-12(19-9(3)16)20(7-18-10)13-8(2)5-14(15,6-21)23-13/h7-8,13,17,21H,4-6H2,1-3H3,(H2,16,19)/t8-,13+,14-/m0/s1. The van der Waals surface area contributed by atoms with E-state index in [1.54, 1.807) is 20.8 Å². The van der Waals surface area contributed by atoms with Crippen LogP contribution in [0.3, 0.4) is 0 Å². The predicted octanol–water partition coefficient (Wildman–Crippen LogP) is 1.47. The summed E-state index contributed by atoms with van der Waals surface area (Å²) in [6, 6.07) is 0. The number of amidine groups is 1. The van der Waals surface area contributed by atoms with E-state index in [0.29, 0.717) is 6.61 Å². The van der Waals surface area contributed by atoms with Gasteiger partial charge in [0.25, 0.3) is 0 Å². The minimum absolute atomic E-state index is 0.0509. The topological polar surface area (TPSA) is 119 Å². The van der Waals surface area contributed by atoms with Crippen molar-refractivity contribution in [2.45, 2.75) is 39.3 Å². The monoisotopic (exact) mass is 327 g/mol. The van der Waals surface area contributed by atoms with Gasteiger partial charge in [0.1, 0.15) is 12.8 Å². The van der Waals surface area contributed by atoms with E-state index in [9.17, 15) is 4.39 Å². The molecule has 1 fully saturated rings. The molecule has 1 aliphatic rings. The molecule has 2 rings (SSSR count). The lowest BCUT2D eigenvalue weighted by Crippen LogP contribution is -2.27. The SMILES string of the molecule is CCOC(=N)c1ncn([C@@H]2O[C@](F)(CO)C[C@@H]2C)c1/N=C(\C)N. The van der Waals surface area contributed by atoms with Gasteiger partial charge in [-0.1, -0.05) is 6.92 Å². The van der Waals surface area contributed by atoms with Gasteiger partial charge in [-0.25, -0.2) is 14.4 Å². The van der Waals surface area contributed by atoms with Crippen molar-refractivity contribution >= 4 is 17.6 Å². The normalized spacial score (nSPS) is 28.1. The quantitative estimate of drug-likeness (QED) is 0.559. The Morgan fingerprint density at radius 2 is 2.43 bits per heavy atom. The molecule has 0 saturated carbocycles. The van der Waals surface area contributed by atoms with E-state index in [-0.39, 0.29) is 35.6 Å². The number of aliphatic imine (C=N–C) groups is 1. The Labute approximate surface area is 133 Å². The summed E-state index contributed by atoms with van der Waals surface area (Å²) in [6.07, 6.45) is 0.755. The first-order valence-electron chi connectivity index (χ1n) is 7.38. The summed E-state index contributed by atoms with van der Waals surface area (Å²) in [4.78, 5) is 8.31. The number of imidazole rings is 1. The zero-order chi connectivity index (χ0) is 17.2. The van der Waals surface area contributed by atoms with E-state index in [2.05, 4.69) is 9.98 Å². The molecule has 4 N–H and O–H groups in total. The van der Waals surface area contributed by atoms with Gasteiger partial charge < -0.3 is 20.3 Å². The molecule has 1 saturated heterocycles. The smallest absolute Gasteiger partial charge is 0.236 e. The number of halogens is 1. The number of nitrogens with two attached hydrogens (primary N) is 1. The number of rotatable bonds is 5. The summed E-state index contributed by atoms with van der Waals surface area (Å²) < 4.78 is 26.3. The van der Waals surface area contributed by atoms with Crippen LogP contribution in [-0.4, -0.2) is 45.5 Å². The lowest BCUT2D eigenvalue weighted by molar-refractivity contribution is -0.177. The highest BCUT2D eigenvalue weighted by Gasteiger charge is 2.46. The van der Waals surface area contributed by atoms with Crippen molar-refractivity contribution in [3.8, 4) is 0 Å². The van der Waals surface area contributed by atoms with Crippen molar-refractivity contribution in [2.24, 2.45) is 16.6 Å². The third-order valence-electron chi connectivity index (χ3n) is 3.51. The molecule has 23 heavy (non-hydrogen) atoms. The first-order chi connectivity index (χ1) is 10.8. The Balaban J connectivity index is 2.43. The molecular formula is C14H22FN5O3. The van der Waals surface area contributed by atoms with Crippen LogP contribution < -0.4 is 5.73 Å². The summed E-state index contributed by atoms with van der Waals surface area (Å²) in [5, 5.41) is 17.1. The molecule has 0 unspecified atom stereocenters. The lowest BCUT2D eigenvalue weighted by Gasteiger charge is -2.20. The second kappa shape index (κ2) is 6.63. The van der Waals surface area contributed by atoms with Crippen molar-refractivity contribution in [1.29, 1.82) is 5.41 Å². The van der Waals surface area contributed by atoms with Crippen molar-refractivity contribution in [3.63, 3.8) is 0 Å². The number of nitrogens with one attached hydrogen (secondary N) is 1. The number of alkyl halides is 1. The zero-order valence-electron chi connectivity index (χ0n) is 13.4. The van der Waals surface area contributed by atoms with E-state index in [4.69, 9.17) is 25.7 Å². The van der Waals surface area contributed by atoms with Crippen molar-refractivity contribution < 1.29 is 19.0 Å². The summed E-state index contributed by atoms with van der Waals surface area (Å²) in [7, 11) is 0. The van der Waals surface area contributed by atoms with Crippen LogP contribution in [0.25, 0.3) is 0 Å². The molecule has 0 radical (unpaired) electrons. The van der Waals surface area contributed by atoms with Crippen molar-refractivity contribution in [1.82, 2.24) is 9.55 Å². The van der Waals surface area contributed by atoms with Gasteiger partial charge in [0.15, 0.2) is 11.5 Å². The van der Waals surface area contributed by atoms with Crippen LogP contribution in [0.1, 0.15) is 39.1 Å². The average Bonchev–Trinajstić information content (AvgIpc) is 3.00. The van der Waals surface area contributed by atoms with Gasteiger partial charge in [-0.05, 0) is 13.8 Å². The molecule has 0 aliphatic carbocycles. The molecule has 128 valence electrons. The first kappa shape index (κ1) is 17.4. The van der Waals surface area contributed by atoms with Gasteiger partial charge in [-0.3, -0.25) is 9.98 Å². The van der Waals surface area contributed by atoms with Crippen LogP contribution in [0.4, 0.5) is 10.2 Å². The van der Waals surface area contributed by atoms with Crippen LogP contribution in [0.15, 0.2) is 11.3 Å². The van der Waals surface area contributed by atoms with Crippen LogP contribution in [0, 0.1) is 11.3 Å². The van der Waals surface area contributed by atoms with Crippen LogP contribution in [-0.2, 0) is 9.47 Å². The molecule has 0 aromatic carbocycles. The Morgan fingerprint density at radius 1 is 1.74 bits per heavy atom. The summed E-state index contributed by atoms with van der Waals surface area (Å²) in [6.45, 7) is 4.74.